The largest absolute Gasteiger partial charge is 0.415 e. The van der Waals surface area contributed by atoms with Gasteiger partial charge in [-0.15, -0.1) is 0 Å². The van der Waals surface area contributed by atoms with Crippen LogP contribution in [0.5, 0.6) is 0 Å². The van der Waals surface area contributed by atoms with Crippen molar-refractivity contribution in [3.05, 3.63) is 0 Å². The highest BCUT2D eigenvalue weighted by Crippen LogP contribution is 2.51. The van der Waals surface area contributed by atoms with Gasteiger partial charge in [-0.25, -0.2) is 0 Å². The second-order valence-corrected chi connectivity index (χ2v) is 5.30. The first-order valence-corrected chi connectivity index (χ1v) is 5.12. The third-order valence-corrected chi connectivity index (χ3v) is 3.29. The molecular weight excluding hydrogens is 221 g/mol. The lowest BCUT2D eigenvalue weighted by molar-refractivity contribution is -0.187. The van der Waals surface area contributed by atoms with Crippen LogP contribution in [0.4, 0.5) is 13.2 Å². The summed E-state index contributed by atoms with van der Waals surface area (Å²) in [5, 5.41) is 2.26. The van der Waals surface area contributed by atoms with Crippen LogP contribution >= 0.6 is 0 Å². The molecule has 0 radical (unpaired) electrons. The van der Waals surface area contributed by atoms with Crippen LogP contribution < -0.4 is 11.1 Å². The Bertz CT molecular complexity index is 297. The molecule has 94 valence electrons. The number of carbonyl (C=O) groups is 1. The number of nitrogens with two attached hydrogens (primary N) is 1. The zero-order valence-corrected chi connectivity index (χ0v) is 9.61. The van der Waals surface area contributed by atoms with Crippen molar-refractivity contribution >= 4 is 5.91 Å². The average molecular weight is 238 g/mol. The Balaban J connectivity index is 2.47. The summed E-state index contributed by atoms with van der Waals surface area (Å²) in [7, 11) is 0. The van der Waals surface area contributed by atoms with Gasteiger partial charge in [0.25, 0.3) is 0 Å². The molecule has 1 aliphatic rings. The predicted molar refractivity (Wildman–Crippen MR) is 53.5 cm³/mol. The van der Waals surface area contributed by atoms with E-state index in [0.717, 1.165) is 6.42 Å². The molecule has 16 heavy (non-hydrogen) atoms. The highest BCUT2D eigenvalue weighted by atomic mass is 19.4. The normalized spacial score (nSPS) is 27.1. The number of alkyl halides is 3. The van der Waals surface area contributed by atoms with Gasteiger partial charge in [-0.05, 0) is 24.7 Å². The van der Waals surface area contributed by atoms with E-state index in [9.17, 15) is 18.0 Å². The minimum Gasteiger partial charge on any atom is -0.354 e. The molecule has 0 heterocycles. The van der Waals surface area contributed by atoms with Crippen molar-refractivity contribution < 1.29 is 18.0 Å². The van der Waals surface area contributed by atoms with Crippen molar-refractivity contribution in [2.75, 3.05) is 6.54 Å². The number of hydrogen-bond acceptors (Lipinski definition) is 2. The molecule has 6 heteroatoms. The third-order valence-electron chi connectivity index (χ3n) is 3.29. The predicted octanol–water partition coefficient (Wildman–Crippen LogP) is 1.43. The highest BCUT2D eigenvalue weighted by Gasteiger charge is 2.54. The molecule has 0 spiro atoms. The van der Waals surface area contributed by atoms with Crippen LogP contribution in [0.3, 0.4) is 0 Å². The zero-order chi connectivity index (χ0) is 12.8. The fourth-order valence-electron chi connectivity index (χ4n) is 1.45. The molecule has 0 saturated heterocycles. The van der Waals surface area contributed by atoms with Crippen LogP contribution in [-0.4, -0.2) is 24.2 Å². The van der Waals surface area contributed by atoms with Crippen molar-refractivity contribution in [3.63, 3.8) is 0 Å². The molecular formula is C10H17F3N2O. The van der Waals surface area contributed by atoms with Gasteiger partial charge in [0, 0.05) is 6.54 Å². The van der Waals surface area contributed by atoms with Crippen molar-refractivity contribution in [2.45, 2.75) is 38.9 Å². The van der Waals surface area contributed by atoms with Gasteiger partial charge in [0.15, 0.2) is 5.54 Å². The van der Waals surface area contributed by atoms with Gasteiger partial charge in [-0.2, -0.15) is 13.2 Å². The molecule has 1 aliphatic carbocycles. The summed E-state index contributed by atoms with van der Waals surface area (Å²) in [6.07, 6.45) is -3.81. The minimum absolute atomic E-state index is 0.122. The van der Waals surface area contributed by atoms with E-state index in [1.807, 2.05) is 13.8 Å². The third kappa shape index (κ3) is 2.48. The topological polar surface area (TPSA) is 55.1 Å². The van der Waals surface area contributed by atoms with E-state index in [4.69, 9.17) is 5.73 Å². The van der Waals surface area contributed by atoms with Crippen LogP contribution in [0.25, 0.3) is 0 Å². The zero-order valence-electron chi connectivity index (χ0n) is 9.61. The second kappa shape index (κ2) is 3.61. The Morgan fingerprint density at radius 1 is 1.50 bits per heavy atom. The van der Waals surface area contributed by atoms with Crippen molar-refractivity contribution in [3.8, 4) is 0 Å². The van der Waals surface area contributed by atoms with Crippen LogP contribution in [0, 0.1) is 11.3 Å². The summed E-state index contributed by atoms with van der Waals surface area (Å²) in [5.74, 6) is -0.914. The molecule has 1 saturated carbocycles. The maximum atomic E-state index is 12.4. The number of halogens is 3. The number of hydrogen-bond donors (Lipinski definition) is 2. The molecule has 2 atom stereocenters. The molecule has 0 aromatic rings. The minimum atomic E-state index is -4.73. The summed E-state index contributed by atoms with van der Waals surface area (Å²) in [6.45, 7) is 4.96. The quantitative estimate of drug-likeness (QED) is 0.781. The first-order valence-electron chi connectivity index (χ1n) is 5.12. The van der Waals surface area contributed by atoms with Gasteiger partial charge in [0.05, 0.1) is 0 Å². The van der Waals surface area contributed by atoms with Gasteiger partial charge in [-0.1, -0.05) is 13.8 Å². The summed E-state index contributed by atoms with van der Waals surface area (Å²) < 4.78 is 37.2. The average Bonchev–Trinajstić information content (AvgIpc) is 2.67. The Morgan fingerprint density at radius 3 is 2.25 bits per heavy atom. The maximum absolute atomic E-state index is 12.4. The molecule has 3 N–H and O–H groups in total. The van der Waals surface area contributed by atoms with E-state index in [2.05, 4.69) is 5.32 Å². The summed E-state index contributed by atoms with van der Waals surface area (Å²) in [4.78, 5) is 11.3. The molecule has 0 aliphatic heterocycles. The lowest BCUT2D eigenvalue weighted by atomic mass is 10.0. The van der Waals surface area contributed by atoms with E-state index >= 15 is 0 Å². The monoisotopic (exact) mass is 238 g/mol. The van der Waals surface area contributed by atoms with Crippen LogP contribution in [0.1, 0.15) is 27.2 Å². The van der Waals surface area contributed by atoms with E-state index in [1.54, 1.807) is 0 Å². The highest BCUT2D eigenvalue weighted by molar-refractivity contribution is 5.86. The molecule has 0 aromatic heterocycles. The second-order valence-electron chi connectivity index (χ2n) is 5.30. The standard InChI is InChI=1S/C10H17F3N2O/c1-8(2)4-6(8)5-15-7(16)9(3,14)10(11,12)13/h6H,4-5,14H2,1-3H3,(H,15,16). The van der Waals surface area contributed by atoms with Crippen LogP contribution in [-0.2, 0) is 4.79 Å². The smallest absolute Gasteiger partial charge is 0.354 e. The molecule has 1 amide bonds. The fraction of sp³-hybridized carbons (Fsp3) is 0.900. The number of amides is 1. The first-order chi connectivity index (χ1) is 6.98. The lowest BCUT2D eigenvalue weighted by Gasteiger charge is -2.26. The Labute approximate surface area is 92.6 Å². The molecule has 1 fully saturated rings. The Hall–Kier alpha value is -0.780. The van der Waals surface area contributed by atoms with Crippen molar-refractivity contribution in [1.82, 2.24) is 5.32 Å². The summed E-state index contributed by atoms with van der Waals surface area (Å²) in [5.41, 5.74) is 2.28. The molecule has 0 aromatic carbocycles. The van der Waals surface area contributed by atoms with Gasteiger partial charge < -0.3 is 11.1 Å². The first kappa shape index (κ1) is 13.3. The lowest BCUT2D eigenvalue weighted by Crippen LogP contribution is -2.61. The fourth-order valence-corrected chi connectivity index (χ4v) is 1.45. The summed E-state index contributed by atoms with van der Waals surface area (Å²) in [6, 6.07) is 0. The van der Waals surface area contributed by atoms with E-state index < -0.39 is 17.6 Å². The van der Waals surface area contributed by atoms with E-state index in [0.29, 0.717) is 6.92 Å². The van der Waals surface area contributed by atoms with Crippen molar-refractivity contribution in [2.24, 2.45) is 17.1 Å². The van der Waals surface area contributed by atoms with Gasteiger partial charge in [0.1, 0.15) is 0 Å². The maximum Gasteiger partial charge on any atom is 0.415 e. The number of rotatable bonds is 3. The van der Waals surface area contributed by atoms with Gasteiger partial charge in [0.2, 0.25) is 5.91 Å². The number of carbonyl (C=O) groups excluding carboxylic acids is 1. The van der Waals surface area contributed by atoms with E-state index in [1.165, 1.54) is 0 Å². The van der Waals surface area contributed by atoms with Gasteiger partial charge in [-0.3, -0.25) is 4.79 Å². The van der Waals surface area contributed by atoms with Crippen molar-refractivity contribution in [1.29, 1.82) is 0 Å². The number of nitrogens with one attached hydrogen (secondary N) is 1. The van der Waals surface area contributed by atoms with E-state index in [-0.39, 0.29) is 17.9 Å². The molecule has 3 nitrogen and oxygen atoms in total. The Kier molecular flexibility index (Phi) is 3.00. The SMILES string of the molecule is CC1(C)CC1CNC(=O)C(C)(N)C(F)(F)F. The van der Waals surface area contributed by atoms with Crippen LogP contribution in [0.2, 0.25) is 0 Å². The molecule has 0 bridgehead atoms. The van der Waals surface area contributed by atoms with Gasteiger partial charge >= 0.3 is 6.18 Å². The molecule has 1 rings (SSSR count). The summed E-state index contributed by atoms with van der Waals surface area (Å²) >= 11 is 0. The molecule has 2 unspecified atom stereocenters. The Morgan fingerprint density at radius 2 is 1.94 bits per heavy atom. The van der Waals surface area contributed by atoms with Crippen LogP contribution in [0.15, 0.2) is 0 Å².